The van der Waals surface area contributed by atoms with Gasteiger partial charge in [-0.15, -0.1) is 0 Å². The number of urea groups is 1. The van der Waals surface area contributed by atoms with Crippen LogP contribution in [-0.2, 0) is 0 Å². The summed E-state index contributed by atoms with van der Waals surface area (Å²) in [4.78, 5) is 19.4. The van der Waals surface area contributed by atoms with E-state index in [0.717, 1.165) is 22.3 Å². The summed E-state index contributed by atoms with van der Waals surface area (Å²) in [5.41, 5.74) is 5.81. The molecule has 0 spiro atoms. The SMILES string of the molecule is CC1=C(c2nc(-c3ccc(C)cc3)no2)C(c2ccc(C)cc2)NC(=O)N1c1ccc(F)cc1. The molecule has 0 radical (unpaired) electrons. The Morgan fingerprint density at radius 1 is 0.882 bits per heavy atom. The van der Waals surface area contributed by atoms with Gasteiger partial charge in [0.1, 0.15) is 5.82 Å². The van der Waals surface area contributed by atoms with E-state index in [2.05, 4.69) is 15.5 Å². The Balaban J connectivity index is 1.64. The fourth-order valence-corrected chi connectivity index (χ4v) is 4.08. The number of aromatic nitrogens is 2. The highest BCUT2D eigenvalue weighted by Crippen LogP contribution is 2.39. The predicted octanol–water partition coefficient (Wildman–Crippen LogP) is 6.19. The summed E-state index contributed by atoms with van der Waals surface area (Å²) in [6.07, 6.45) is 0. The molecule has 4 aromatic rings. The molecular formula is C27H23FN4O2. The van der Waals surface area contributed by atoms with E-state index in [1.807, 2.05) is 69.3 Å². The van der Waals surface area contributed by atoms with Gasteiger partial charge in [0.15, 0.2) is 0 Å². The van der Waals surface area contributed by atoms with E-state index in [4.69, 9.17) is 4.52 Å². The van der Waals surface area contributed by atoms with E-state index in [1.54, 1.807) is 12.1 Å². The fourth-order valence-electron chi connectivity index (χ4n) is 4.08. The van der Waals surface area contributed by atoms with Gasteiger partial charge in [-0.25, -0.2) is 9.18 Å². The van der Waals surface area contributed by atoms with Crippen LogP contribution in [0.25, 0.3) is 17.0 Å². The second kappa shape index (κ2) is 8.59. The Kier molecular flexibility index (Phi) is 5.45. The summed E-state index contributed by atoms with van der Waals surface area (Å²) in [7, 11) is 0. The summed E-state index contributed by atoms with van der Waals surface area (Å²) >= 11 is 0. The van der Waals surface area contributed by atoms with Crippen LogP contribution in [0.2, 0.25) is 0 Å². The number of benzene rings is 3. The molecule has 0 saturated carbocycles. The van der Waals surface area contributed by atoms with Crippen molar-refractivity contribution in [1.29, 1.82) is 0 Å². The van der Waals surface area contributed by atoms with Crippen LogP contribution in [0.5, 0.6) is 0 Å². The third-order valence-corrected chi connectivity index (χ3v) is 5.95. The van der Waals surface area contributed by atoms with Crippen LogP contribution in [0.4, 0.5) is 14.9 Å². The molecule has 3 aromatic carbocycles. The maximum atomic E-state index is 13.5. The van der Waals surface area contributed by atoms with Crippen molar-refractivity contribution in [3.8, 4) is 11.4 Å². The number of anilines is 1. The quantitative estimate of drug-likeness (QED) is 0.399. The zero-order valence-electron chi connectivity index (χ0n) is 19.0. The smallest absolute Gasteiger partial charge is 0.326 e. The summed E-state index contributed by atoms with van der Waals surface area (Å²) in [6, 6.07) is 20.7. The van der Waals surface area contributed by atoms with Crippen LogP contribution in [0.1, 0.15) is 35.5 Å². The van der Waals surface area contributed by atoms with Crippen molar-refractivity contribution in [3.05, 3.63) is 107 Å². The summed E-state index contributed by atoms with van der Waals surface area (Å²) in [5, 5.41) is 7.25. The molecule has 1 aromatic heterocycles. The molecular weight excluding hydrogens is 431 g/mol. The minimum absolute atomic E-state index is 0.311. The zero-order valence-corrected chi connectivity index (χ0v) is 19.0. The molecule has 0 fully saturated rings. The van der Waals surface area contributed by atoms with Crippen molar-refractivity contribution in [2.24, 2.45) is 0 Å². The highest BCUT2D eigenvalue weighted by molar-refractivity contribution is 6.01. The van der Waals surface area contributed by atoms with E-state index in [1.165, 1.54) is 17.0 Å². The number of carbonyl (C=O) groups is 1. The minimum Gasteiger partial charge on any atom is -0.334 e. The third kappa shape index (κ3) is 3.96. The van der Waals surface area contributed by atoms with Crippen LogP contribution >= 0.6 is 0 Å². The zero-order chi connectivity index (χ0) is 23.8. The molecule has 7 heteroatoms. The lowest BCUT2D eigenvalue weighted by atomic mass is 9.94. The Labute approximate surface area is 196 Å². The molecule has 6 nitrogen and oxygen atoms in total. The maximum Gasteiger partial charge on any atom is 0.326 e. The lowest BCUT2D eigenvalue weighted by Crippen LogP contribution is -2.46. The average Bonchev–Trinajstić information content (AvgIpc) is 3.30. The number of amides is 2. The van der Waals surface area contributed by atoms with E-state index in [-0.39, 0.29) is 11.8 Å². The third-order valence-electron chi connectivity index (χ3n) is 5.95. The van der Waals surface area contributed by atoms with Gasteiger partial charge in [-0.2, -0.15) is 4.98 Å². The molecule has 1 atom stereocenters. The molecule has 1 aliphatic heterocycles. The molecule has 34 heavy (non-hydrogen) atoms. The second-order valence-corrected chi connectivity index (χ2v) is 8.39. The average molecular weight is 455 g/mol. The van der Waals surface area contributed by atoms with Crippen molar-refractivity contribution in [2.45, 2.75) is 26.8 Å². The minimum atomic E-state index is -0.490. The van der Waals surface area contributed by atoms with Gasteiger partial charge in [-0.05, 0) is 50.6 Å². The van der Waals surface area contributed by atoms with Crippen molar-refractivity contribution in [2.75, 3.05) is 4.90 Å². The van der Waals surface area contributed by atoms with Crippen LogP contribution in [-0.4, -0.2) is 16.2 Å². The van der Waals surface area contributed by atoms with Gasteiger partial charge >= 0.3 is 6.03 Å². The lowest BCUT2D eigenvalue weighted by molar-refractivity contribution is 0.244. The van der Waals surface area contributed by atoms with Gasteiger partial charge in [-0.1, -0.05) is 64.8 Å². The van der Waals surface area contributed by atoms with E-state index in [9.17, 15) is 9.18 Å². The summed E-state index contributed by atoms with van der Waals surface area (Å²) in [5.74, 6) is 0.397. The van der Waals surface area contributed by atoms with E-state index >= 15 is 0 Å². The second-order valence-electron chi connectivity index (χ2n) is 8.39. The number of carbonyl (C=O) groups excluding carboxylic acids is 1. The molecule has 1 aliphatic rings. The number of aryl methyl sites for hydroxylation is 2. The lowest BCUT2D eigenvalue weighted by Gasteiger charge is -2.35. The Morgan fingerprint density at radius 3 is 2.15 bits per heavy atom. The van der Waals surface area contributed by atoms with Gasteiger partial charge < -0.3 is 9.84 Å². The molecule has 0 aliphatic carbocycles. The van der Waals surface area contributed by atoms with Crippen molar-refractivity contribution < 1.29 is 13.7 Å². The van der Waals surface area contributed by atoms with Crippen LogP contribution in [0.3, 0.4) is 0 Å². The predicted molar refractivity (Wildman–Crippen MR) is 128 cm³/mol. The number of hydrogen-bond acceptors (Lipinski definition) is 4. The normalized spacial score (nSPS) is 16.1. The first-order chi connectivity index (χ1) is 16.4. The topological polar surface area (TPSA) is 71.3 Å². The van der Waals surface area contributed by atoms with Crippen molar-refractivity contribution in [3.63, 3.8) is 0 Å². The monoisotopic (exact) mass is 454 g/mol. The fraction of sp³-hybridized carbons (Fsp3) is 0.148. The van der Waals surface area contributed by atoms with E-state index < -0.39 is 6.04 Å². The number of allylic oxidation sites excluding steroid dienone is 1. The Hall–Kier alpha value is -4.26. The number of nitrogens with one attached hydrogen (secondary N) is 1. The van der Waals surface area contributed by atoms with Gasteiger partial charge in [0.05, 0.1) is 17.3 Å². The van der Waals surface area contributed by atoms with E-state index in [0.29, 0.717) is 28.7 Å². The first-order valence-electron chi connectivity index (χ1n) is 11.0. The Morgan fingerprint density at radius 2 is 1.50 bits per heavy atom. The molecule has 2 heterocycles. The maximum absolute atomic E-state index is 13.5. The van der Waals surface area contributed by atoms with Crippen LogP contribution < -0.4 is 10.2 Å². The molecule has 1 N–H and O–H groups in total. The largest absolute Gasteiger partial charge is 0.334 e. The number of hydrogen-bond donors (Lipinski definition) is 1. The number of nitrogens with zero attached hydrogens (tertiary/aromatic N) is 3. The van der Waals surface area contributed by atoms with Crippen molar-refractivity contribution >= 4 is 17.3 Å². The highest BCUT2D eigenvalue weighted by Gasteiger charge is 2.36. The number of rotatable bonds is 4. The van der Waals surface area contributed by atoms with Gasteiger partial charge in [0.25, 0.3) is 5.89 Å². The van der Waals surface area contributed by atoms with Gasteiger partial charge in [0, 0.05) is 11.3 Å². The first kappa shape index (κ1) is 21.6. The molecule has 0 saturated heterocycles. The molecule has 0 bridgehead atoms. The summed E-state index contributed by atoms with van der Waals surface area (Å²) in [6.45, 7) is 5.85. The summed E-state index contributed by atoms with van der Waals surface area (Å²) < 4.78 is 19.2. The Bertz CT molecular complexity index is 1370. The molecule has 1 unspecified atom stereocenters. The van der Waals surface area contributed by atoms with Crippen molar-refractivity contribution in [1.82, 2.24) is 15.5 Å². The number of halogens is 1. The van der Waals surface area contributed by atoms with Crippen LogP contribution in [0, 0.1) is 19.7 Å². The first-order valence-corrected chi connectivity index (χ1v) is 11.0. The molecule has 5 rings (SSSR count). The molecule has 2 amide bonds. The standard InChI is InChI=1S/C27H23FN4O2/c1-16-4-8-19(9-5-16)24-23(26-30-25(31-34-26)20-10-6-17(2)7-11-20)18(3)32(27(33)29-24)22-14-12-21(28)13-15-22/h4-15,24H,1-3H3,(H,29,33). The van der Waals surface area contributed by atoms with Gasteiger partial charge in [-0.3, -0.25) is 4.90 Å². The van der Waals surface area contributed by atoms with Gasteiger partial charge in [0.2, 0.25) is 5.82 Å². The molecule has 170 valence electrons. The van der Waals surface area contributed by atoms with Crippen LogP contribution in [0.15, 0.2) is 83.0 Å². The highest BCUT2D eigenvalue weighted by atomic mass is 19.1.